The van der Waals surface area contributed by atoms with Crippen molar-refractivity contribution in [3.63, 3.8) is 0 Å². The Morgan fingerprint density at radius 2 is 2.14 bits per heavy atom. The van der Waals surface area contributed by atoms with Crippen molar-refractivity contribution in [3.05, 3.63) is 53.6 Å². The predicted molar refractivity (Wildman–Crippen MR) is 86.4 cm³/mol. The van der Waals surface area contributed by atoms with E-state index in [0.29, 0.717) is 0 Å². The summed E-state index contributed by atoms with van der Waals surface area (Å²) in [4.78, 5) is 2.44. The first-order valence-electron chi connectivity index (χ1n) is 7.63. The highest BCUT2D eigenvalue weighted by Gasteiger charge is 2.26. The lowest BCUT2D eigenvalue weighted by atomic mass is 10.1. The van der Waals surface area contributed by atoms with E-state index in [9.17, 15) is 0 Å². The van der Waals surface area contributed by atoms with Crippen LogP contribution in [-0.2, 0) is 6.42 Å². The van der Waals surface area contributed by atoms with E-state index >= 15 is 0 Å². The number of aryl methyl sites for hydroxylation is 1. The maximum absolute atomic E-state index is 6.12. The Labute approximate surface area is 125 Å². The van der Waals surface area contributed by atoms with Gasteiger partial charge in [0.15, 0.2) is 0 Å². The van der Waals surface area contributed by atoms with Crippen LogP contribution < -0.4 is 15.0 Å². The predicted octanol–water partition coefficient (Wildman–Crippen LogP) is 3.23. The monoisotopic (exact) mass is 280 g/mol. The second kappa shape index (κ2) is 4.99. The van der Waals surface area contributed by atoms with Gasteiger partial charge in [0.2, 0.25) is 0 Å². The number of benzene rings is 2. The standard InChI is InChI=1S/C18H20N2O/c1-13-6-7-18-14(10-13)11-15(21-18)12-20-9-8-19-16-4-2-3-5-17(16)20/h2-7,10,15,19H,8-9,11-12H2,1H3. The number of ether oxygens (including phenoxy) is 1. The number of rotatable bonds is 2. The average molecular weight is 280 g/mol. The Morgan fingerprint density at radius 1 is 1.24 bits per heavy atom. The van der Waals surface area contributed by atoms with Gasteiger partial charge < -0.3 is 15.0 Å². The van der Waals surface area contributed by atoms with Crippen molar-refractivity contribution in [1.29, 1.82) is 0 Å². The normalized spacial score (nSPS) is 19.5. The summed E-state index contributed by atoms with van der Waals surface area (Å²) in [5, 5.41) is 3.46. The molecule has 0 fully saturated rings. The molecular formula is C18H20N2O. The molecule has 1 unspecified atom stereocenters. The van der Waals surface area contributed by atoms with Gasteiger partial charge in [-0.25, -0.2) is 0 Å². The smallest absolute Gasteiger partial charge is 0.123 e. The second-order valence-corrected chi connectivity index (χ2v) is 5.95. The van der Waals surface area contributed by atoms with Gasteiger partial charge in [0.25, 0.3) is 0 Å². The third-order valence-corrected chi connectivity index (χ3v) is 4.32. The van der Waals surface area contributed by atoms with Gasteiger partial charge in [0, 0.05) is 19.5 Å². The van der Waals surface area contributed by atoms with E-state index in [0.717, 1.165) is 31.8 Å². The van der Waals surface area contributed by atoms with Crippen LogP contribution in [0, 0.1) is 6.92 Å². The summed E-state index contributed by atoms with van der Waals surface area (Å²) in [5.41, 5.74) is 5.18. The van der Waals surface area contributed by atoms with E-state index in [1.807, 2.05) is 0 Å². The molecule has 2 aromatic rings. The van der Waals surface area contributed by atoms with Crippen molar-refractivity contribution < 1.29 is 4.74 Å². The van der Waals surface area contributed by atoms with E-state index < -0.39 is 0 Å². The largest absolute Gasteiger partial charge is 0.488 e. The summed E-state index contributed by atoms with van der Waals surface area (Å²) in [6.45, 7) is 5.12. The fourth-order valence-corrected chi connectivity index (χ4v) is 3.33. The van der Waals surface area contributed by atoms with Crippen molar-refractivity contribution in [1.82, 2.24) is 0 Å². The molecule has 1 atom stereocenters. The van der Waals surface area contributed by atoms with E-state index in [1.54, 1.807) is 0 Å². The Morgan fingerprint density at radius 3 is 3.10 bits per heavy atom. The summed E-state index contributed by atoms with van der Waals surface area (Å²) in [7, 11) is 0. The zero-order chi connectivity index (χ0) is 14.2. The summed E-state index contributed by atoms with van der Waals surface area (Å²) in [5.74, 6) is 1.06. The van der Waals surface area contributed by atoms with Gasteiger partial charge >= 0.3 is 0 Å². The minimum Gasteiger partial charge on any atom is -0.488 e. The molecule has 0 aliphatic carbocycles. The SMILES string of the molecule is Cc1ccc2c(c1)CC(CN1CCNc3ccccc31)O2. The maximum Gasteiger partial charge on any atom is 0.123 e. The first kappa shape index (κ1) is 12.6. The summed E-state index contributed by atoms with van der Waals surface area (Å²) in [6, 6.07) is 15.0. The third kappa shape index (κ3) is 2.33. The Bertz CT molecular complexity index is 668. The average Bonchev–Trinajstić information content (AvgIpc) is 2.89. The highest BCUT2D eigenvalue weighted by atomic mass is 16.5. The Hall–Kier alpha value is -2.16. The molecule has 3 nitrogen and oxygen atoms in total. The molecule has 3 heteroatoms. The molecule has 2 heterocycles. The highest BCUT2D eigenvalue weighted by Crippen LogP contribution is 2.33. The minimum atomic E-state index is 0.257. The molecule has 2 aliphatic heterocycles. The zero-order valence-electron chi connectivity index (χ0n) is 12.3. The van der Waals surface area contributed by atoms with E-state index in [2.05, 4.69) is 59.6 Å². The third-order valence-electron chi connectivity index (χ3n) is 4.32. The van der Waals surface area contributed by atoms with Crippen molar-refractivity contribution >= 4 is 11.4 Å². The Kier molecular flexibility index (Phi) is 2.99. The van der Waals surface area contributed by atoms with Crippen molar-refractivity contribution in [2.24, 2.45) is 0 Å². The van der Waals surface area contributed by atoms with Gasteiger partial charge in [-0.05, 0) is 30.7 Å². The second-order valence-electron chi connectivity index (χ2n) is 5.95. The van der Waals surface area contributed by atoms with Crippen molar-refractivity contribution in [2.75, 3.05) is 29.9 Å². The molecule has 1 N–H and O–H groups in total. The number of fused-ring (bicyclic) bond motifs is 2. The summed E-state index contributed by atoms with van der Waals surface area (Å²) in [6.07, 6.45) is 1.27. The Balaban J connectivity index is 1.52. The molecule has 0 bridgehead atoms. The maximum atomic E-state index is 6.12. The van der Waals surface area contributed by atoms with Gasteiger partial charge in [-0.3, -0.25) is 0 Å². The summed E-state index contributed by atoms with van der Waals surface area (Å²) < 4.78 is 6.12. The van der Waals surface area contributed by atoms with Crippen LogP contribution in [0.1, 0.15) is 11.1 Å². The quantitative estimate of drug-likeness (QED) is 0.914. The van der Waals surface area contributed by atoms with Crippen LogP contribution in [0.5, 0.6) is 5.75 Å². The molecular weight excluding hydrogens is 260 g/mol. The minimum absolute atomic E-state index is 0.257. The summed E-state index contributed by atoms with van der Waals surface area (Å²) >= 11 is 0. The molecule has 0 amide bonds. The topological polar surface area (TPSA) is 24.5 Å². The number of nitrogens with one attached hydrogen (secondary N) is 1. The van der Waals surface area contributed by atoms with Crippen LogP contribution in [0.2, 0.25) is 0 Å². The molecule has 108 valence electrons. The van der Waals surface area contributed by atoms with Gasteiger partial charge in [0.1, 0.15) is 11.9 Å². The lowest BCUT2D eigenvalue weighted by Crippen LogP contribution is -2.40. The van der Waals surface area contributed by atoms with E-state index in [1.165, 1.54) is 22.5 Å². The van der Waals surface area contributed by atoms with Crippen molar-refractivity contribution in [3.8, 4) is 5.75 Å². The van der Waals surface area contributed by atoms with Crippen LogP contribution in [0.3, 0.4) is 0 Å². The number of hydrogen-bond acceptors (Lipinski definition) is 3. The van der Waals surface area contributed by atoms with E-state index in [-0.39, 0.29) is 6.10 Å². The molecule has 2 aromatic carbocycles. The fraction of sp³-hybridized carbons (Fsp3) is 0.333. The van der Waals surface area contributed by atoms with Gasteiger partial charge in [-0.1, -0.05) is 29.8 Å². The van der Waals surface area contributed by atoms with Crippen LogP contribution in [0.4, 0.5) is 11.4 Å². The number of hydrogen-bond donors (Lipinski definition) is 1. The molecule has 0 aromatic heterocycles. The van der Waals surface area contributed by atoms with Crippen LogP contribution in [0.15, 0.2) is 42.5 Å². The molecule has 0 saturated carbocycles. The van der Waals surface area contributed by atoms with Gasteiger partial charge in [-0.15, -0.1) is 0 Å². The zero-order valence-corrected chi connectivity index (χ0v) is 12.3. The van der Waals surface area contributed by atoms with Gasteiger partial charge in [0.05, 0.1) is 17.9 Å². The highest BCUT2D eigenvalue weighted by molar-refractivity contribution is 5.72. The fourth-order valence-electron chi connectivity index (χ4n) is 3.33. The lowest BCUT2D eigenvalue weighted by Gasteiger charge is -2.33. The first-order valence-corrected chi connectivity index (χ1v) is 7.63. The number of para-hydroxylation sites is 2. The first-order chi connectivity index (χ1) is 10.3. The lowest BCUT2D eigenvalue weighted by molar-refractivity contribution is 0.237. The molecule has 0 radical (unpaired) electrons. The molecule has 2 aliphatic rings. The molecule has 0 saturated heterocycles. The molecule has 0 spiro atoms. The number of anilines is 2. The molecule has 4 rings (SSSR count). The van der Waals surface area contributed by atoms with Crippen LogP contribution >= 0.6 is 0 Å². The van der Waals surface area contributed by atoms with Crippen LogP contribution in [0.25, 0.3) is 0 Å². The number of nitrogens with zero attached hydrogens (tertiary/aromatic N) is 1. The van der Waals surface area contributed by atoms with Crippen molar-refractivity contribution in [2.45, 2.75) is 19.4 Å². The van der Waals surface area contributed by atoms with E-state index in [4.69, 9.17) is 4.74 Å². The molecule has 21 heavy (non-hydrogen) atoms. The van der Waals surface area contributed by atoms with Crippen LogP contribution in [-0.4, -0.2) is 25.7 Å². The van der Waals surface area contributed by atoms with Gasteiger partial charge in [-0.2, -0.15) is 0 Å².